The van der Waals surface area contributed by atoms with Crippen LogP contribution in [0.1, 0.15) is 19.4 Å². The number of amides is 1. The maximum absolute atomic E-state index is 12.8. The number of hydrogen-bond donors (Lipinski definition) is 0. The standard InChI is InChI=1S/C19H27N5O4S/c1-16(24-15-20-17-4-2-3-5-18(17)24)14-19(25)21-6-8-22(9-7-21)29(26,27)23-10-12-28-13-11-23/h2-5,15-16H,6-14H2,1H3. The first-order chi connectivity index (χ1) is 14.0. The quantitative estimate of drug-likeness (QED) is 0.710. The minimum Gasteiger partial charge on any atom is -0.379 e. The second-order valence-corrected chi connectivity index (χ2v) is 9.42. The van der Waals surface area contributed by atoms with Gasteiger partial charge in [0.2, 0.25) is 5.91 Å². The maximum Gasteiger partial charge on any atom is 0.282 e. The minimum atomic E-state index is -3.48. The third-order valence-corrected chi connectivity index (χ3v) is 7.68. The number of ether oxygens (including phenoxy) is 1. The molecule has 1 aromatic carbocycles. The molecular weight excluding hydrogens is 394 g/mol. The topological polar surface area (TPSA) is 88.0 Å². The molecule has 0 N–H and O–H groups in total. The Morgan fingerprint density at radius 1 is 1.07 bits per heavy atom. The second kappa shape index (κ2) is 8.39. The fraction of sp³-hybridized carbons (Fsp3) is 0.579. The predicted molar refractivity (Wildman–Crippen MR) is 109 cm³/mol. The van der Waals surface area contributed by atoms with Crippen molar-refractivity contribution in [1.29, 1.82) is 0 Å². The summed E-state index contributed by atoms with van der Waals surface area (Å²) < 4.78 is 35.7. The summed E-state index contributed by atoms with van der Waals surface area (Å²) in [5.74, 6) is 0.0405. The Hall–Kier alpha value is -2.01. The smallest absolute Gasteiger partial charge is 0.282 e. The number of carbonyl (C=O) groups is 1. The fourth-order valence-electron chi connectivity index (χ4n) is 3.92. The molecule has 0 spiro atoms. The van der Waals surface area contributed by atoms with E-state index in [-0.39, 0.29) is 11.9 Å². The molecule has 1 aromatic heterocycles. The number of carbonyl (C=O) groups excluding carboxylic acids is 1. The van der Waals surface area contributed by atoms with E-state index in [1.165, 1.54) is 8.61 Å². The van der Waals surface area contributed by atoms with Gasteiger partial charge in [0.05, 0.1) is 30.6 Å². The largest absolute Gasteiger partial charge is 0.379 e. The lowest BCUT2D eigenvalue weighted by molar-refractivity contribution is -0.133. The third-order valence-electron chi connectivity index (χ3n) is 5.64. The summed E-state index contributed by atoms with van der Waals surface area (Å²) in [6, 6.07) is 7.83. The number of nitrogens with zero attached hydrogens (tertiary/aromatic N) is 5. The molecule has 0 aliphatic carbocycles. The fourth-order valence-corrected chi connectivity index (χ4v) is 5.48. The van der Waals surface area contributed by atoms with Crippen molar-refractivity contribution in [2.24, 2.45) is 0 Å². The number of hydrogen-bond acceptors (Lipinski definition) is 5. The number of piperazine rings is 1. The molecule has 9 nitrogen and oxygen atoms in total. The lowest BCUT2D eigenvalue weighted by Gasteiger charge is -2.38. The number of benzene rings is 1. The molecule has 158 valence electrons. The molecule has 29 heavy (non-hydrogen) atoms. The molecule has 2 aliphatic heterocycles. The first-order valence-corrected chi connectivity index (χ1v) is 11.4. The summed E-state index contributed by atoms with van der Waals surface area (Å²) in [6.45, 7) is 5.12. The van der Waals surface area contributed by atoms with Crippen LogP contribution in [0.5, 0.6) is 0 Å². The molecule has 2 saturated heterocycles. The Balaban J connectivity index is 1.34. The molecule has 2 aromatic rings. The summed E-state index contributed by atoms with van der Waals surface area (Å²) in [4.78, 5) is 19.0. The summed E-state index contributed by atoms with van der Waals surface area (Å²) in [7, 11) is -3.48. The van der Waals surface area contributed by atoms with Crippen LogP contribution in [0.15, 0.2) is 30.6 Å². The van der Waals surface area contributed by atoms with E-state index in [9.17, 15) is 13.2 Å². The van der Waals surface area contributed by atoms with Gasteiger partial charge in [-0.1, -0.05) is 12.1 Å². The summed E-state index contributed by atoms with van der Waals surface area (Å²) >= 11 is 0. The number of imidazole rings is 1. The van der Waals surface area contributed by atoms with Crippen LogP contribution in [0, 0.1) is 0 Å². The van der Waals surface area contributed by atoms with E-state index in [4.69, 9.17) is 4.74 Å². The van der Waals surface area contributed by atoms with Crippen LogP contribution in [-0.2, 0) is 19.7 Å². The van der Waals surface area contributed by atoms with Crippen LogP contribution in [0.4, 0.5) is 0 Å². The molecule has 10 heteroatoms. The number of rotatable bonds is 5. The van der Waals surface area contributed by atoms with E-state index in [1.54, 1.807) is 11.2 Å². The van der Waals surface area contributed by atoms with Crippen molar-refractivity contribution in [1.82, 2.24) is 23.1 Å². The van der Waals surface area contributed by atoms with Gasteiger partial charge in [0.15, 0.2) is 0 Å². The van der Waals surface area contributed by atoms with Crippen molar-refractivity contribution in [3.05, 3.63) is 30.6 Å². The Morgan fingerprint density at radius 3 is 2.45 bits per heavy atom. The van der Waals surface area contributed by atoms with Gasteiger partial charge < -0.3 is 14.2 Å². The second-order valence-electron chi connectivity index (χ2n) is 7.49. The Kier molecular flexibility index (Phi) is 5.86. The number of aromatic nitrogens is 2. The summed E-state index contributed by atoms with van der Waals surface area (Å²) in [5.41, 5.74) is 1.92. The Labute approximate surface area is 171 Å². The highest BCUT2D eigenvalue weighted by molar-refractivity contribution is 7.86. The van der Waals surface area contributed by atoms with Crippen molar-refractivity contribution in [3.63, 3.8) is 0 Å². The van der Waals surface area contributed by atoms with Gasteiger partial charge in [-0.15, -0.1) is 0 Å². The first kappa shape index (κ1) is 20.3. The molecule has 0 radical (unpaired) electrons. The highest BCUT2D eigenvalue weighted by Gasteiger charge is 2.34. The molecule has 0 bridgehead atoms. The van der Waals surface area contributed by atoms with Crippen molar-refractivity contribution in [3.8, 4) is 0 Å². The van der Waals surface area contributed by atoms with Gasteiger partial charge in [-0.05, 0) is 19.1 Å². The van der Waals surface area contributed by atoms with Gasteiger partial charge in [-0.25, -0.2) is 4.98 Å². The summed E-state index contributed by atoms with van der Waals surface area (Å²) in [6.07, 6.45) is 2.13. The van der Waals surface area contributed by atoms with E-state index in [0.29, 0.717) is 58.9 Å². The molecule has 3 heterocycles. The Morgan fingerprint density at radius 2 is 1.72 bits per heavy atom. The van der Waals surface area contributed by atoms with Gasteiger partial charge in [0.1, 0.15) is 0 Å². The SMILES string of the molecule is CC(CC(=O)N1CCN(S(=O)(=O)N2CCOCC2)CC1)n1cnc2ccccc21. The molecule has 2 aliphatic rings. The zero-order chi connectivity index (χ0) is 20.4. The Bertz CT molecular complexity index is 962. The van der Waals surface area contributed by atoms with Crippen molar-refractivity contribution in [2.75, 3.05) is 52.5 Å². The zero-order valence-corrected chi connectivity index (χ0v) is 17.4. The van der Waals surface area contributed by atoms with E-state index >= 15 is 0 Å². The van der Waals surface area contributed by atoms with Crippen LogP contribution in [0.2, 0.25) is 0 Å². The van der Waals surface area contributed by atoms with E-state index in [2.05, 4.69) is 4.98 Å². The number of para-hydroxylation sites is 2. The molecule has 4 rings (SSSR count). The molecule has 1 unspecified atom stereocenters. The maximum atomic E-state index is 12.8. The van der Waals surface area contributed by atoms with Crippen LogP contribution >= 0.6 is 0 Å². The molecule has 1 amide bonds. The number of morpholine rings is 1. The first-order valence-electron chi connectivity index (χ1n) is 9.99. The predicted octanol–water partition coefficient (Wildman–Crippen LogP) is 0.709. The van der Waals surface area contributed by atoms with Gasteiger partial charge in [0.25, 0.3) is 10.2 Å². The lowest BCUT2D eigenvalue weighted by atomic mass is 10.2. The van der Waals surface area contributed by atoms with Gasteiger partial charge in [-0.2, -0.15) is 17.0 Å². The van der Waals surface area contributed by atoms with E-state index < -0.39 is 10.2 Å². The summed E-state index contributed by atoms with van der Waals surface area (Å²) in [5, 5.41) is 0. The van der Waals surface area contributed by atoms with Crippen LogP contribution < -0.4 is 0 Å². The van der Waals surface area contributed by atoms with Crippen LogP contribution in [0.3, 0.4) is 0 Å². The van der Waals surface area contributed by atoms with Crippen molar-refractivity contribution >= 4 is 27.1 Å². The zero-order valence-electron chi connectivity index (χ0n) is 16.6. The molecule has 0 saturated carbocycles. The van der Waals surface area contributed by atoms with Crippen LogP contribution in [0.25, 0.3) is 11.0 Å². The average Bonchev–Trinajstić information content (AvgIpc) is 3.19. The van der Waals surface area contributed by atoms with Crippen molar-refractivity contribution in [2.45, 2.75) is 19.4 Å². The average molecular weight is 422 g/mol. The molecular formula is C19H27N5O4S. The van der Waals surface area contributed by atoms with Crippen molar-refractivity contribution < 1.29 is 17.9 Å². The number of fused-ring (bicyclic) bond motifs is 1. The van der Waals surface area contributed by atoms with Gasteiger partial charge >= 0.3 is 0 Å². The van der Waals surface area contributed by atoms with E-state index in [0.717, 1.165) is 11.0 Å². The highest BCUT2D eigenvalue weighted by Crippen LogP contribution is 2.21. The normalized spacial score (nSPS) is 20.8. The molecule has 2 fully saturated rings. The monoisotopic (exact) mass is 421 g/mol. The van der Waals surface area contributed by atoms with Crippen LogP contribution in [-0.4, -0.2) is 89.9 Å². The minimum absolute atomic E-state index is 0.0231. The van der Waals surface area contributed by atoms with Gasteiger partial charge in [0, 0.05) is 51.7 Å². The lowest BCUT2D eigenvalue weighted by Crippen LogP contribution is -2.55. The highest BCUT2D eigenvalue weighted by atomic mass is 32.2. The third kappa shape index (κ3) is 4.16. The van der Waals surface area contributed by atoms with Gasteiger partial charge in [-0.3, -0.25) is 4.79 Å². The molecule has 1 atom stereocenters. The van der Waals surface area contributed by atoms with E-state index in [1.807, 2.05) is 35.8 Å².